The van der Waals surface area contributed by atoms with Crippen LogP contribution in [0.4, 0.5) is 5.69 Å². The predicted octanol–water partition coefficient (Wildman–Crippen LogP) is 2.44. The molecule has 96 valence electrons. The van der Waals surface area contributed by atoms with Gasteiger partial charge in [0.1, 0.15) is 0 Å². The molecular formula is C13H10N2O4. The lowest BCUT2D eigenvalue weighted by Crippen LogP contribution is -2.04. The number of esters is 1. The highest BCUT2D eigenvalue weighted by Gasteiger charge is 2.17. The highest BCUT2D eigenvalue weighted by atomic mass is 16.6. The standard InChI is InChI=1S/C13H10N2O4/c1-19-13(16)11-5-4-10(15(17)18)7-12(11)9-3-2-6-14-8-9/h2-8H,1H3. The first-order valence-corrected chi connectivity index (χ1v) is 5.40. The minimum Gasteiger partial charge on any atom is -0.465 e. The normalized spacial score (nSPS) is 9.95. The van der Waals surface area contributed by atoms with E-state index in [2.05, 4.69) is 9.72 Å². The Morgan fingerprint density at radius 2 is 2.16 bits per heavy atom. The molecule has 2 aromatic rings. The summed E-state index contributed by atoms with van der Waals surface area (Å²) in [6.45, 7) is 0. The second-order valence-corrected chi connectivity index (χ2v) is 3.72. The van der Waals surface area contributed by atoms with Crippen molar-refractivity contribution in [1.82, 2.24) is 4.98 Å². The molecule has 0 spiro atoms. The molecule has 0 saturated heterocycles. The van der Waals surface area contributed by atoms with Crippen LogP contribution in [0.5, 0.6) is 0 Å². The largest absolute Gasteiger partial charge is 0.465 e. The van der Waals surface area contributed by atoms with Crippen molar-refractivity contribution >= 4 is 11.7 Å². The van der Waals surface area contributed by atoms with Crippen LogP contribution in [0.2, 0.25) is 0 Å². The van der Waals surface area contributed by atoms with Gasteiger partial charge in [-0.3, -0.25) is 15.1 Å². The third-order valence-corrected chi connectivity index (χ3v) is 2.59. The number of methoxy groups -OCH3 is 1. The van der Waals surface area contributed by atoms with Gasteiger partial charge in [0.2, 0.25) is 0 Å². The van der Waals surface area contributed by atoms with Crippen LogP contribution < -0.4 is 0 Å². The van der Waals surface area contributed by atoms with E-state index in [1.807, 2.05) is 0 Å². The van der Waals surface area contributed by atoms with E-state index < -0.39 is 10.9 Å². The third-order valence-electron chi connectivity index (χ3n) is 2.59. The molecule has 0 bridgehead atoms. The fraction of sp³-hybridized carbons (Fsp3) is 0.0769. The molecular weight excluding hydrogens is 248 g/mol. The molecule has 0 amide bonds. The summed E-state index contributed by atoms with van der Waals surface area (Å²) < 4.78 is 4.67. The summed E-state index contributed by atoms with van der Waals surface area (Å²) in [7, 11) is 1.26. The van der Waals surface area contributed by atoms with Gasteiger partial charge in [-0.1, -0.05) is 6.07 Å². The molecule has 0 aliphatic heterocycles. The number of non-ortho nitro benzene ring substituents is 1. The lowest BCUT2D eigenvalue weighted by molar-refractivity contribution is -0.384. The van der Waals surface area contributed by atoms with E-state index in [0.717, 1.165) is 0 Å². The van der Waals surface area contributed by atoms with Crippen LogP contribution >= 0.6 is 0 Å². The highest BCUT2D eigenvalue weighted by Crippen LogP contribution is 2.27. The SMILES string of the molecule is COC(=O)c1ccc([N+](=O)[O-])cc1-c1cccnc1. The van der Waals surface area contributed by atoms with Gasteiger partial charge in [0.05, 0.1) is 17.6 Å². The summed E-state index contributed by atoms with van der Waals surface area (Å²) in [5.41, 5.74) is 1.22. The molecule has 1 heterocycles. The van der Waals surface area contributed by atoms with Gasteiger partial charge in [0.15, 0.2) is 0 Å². The summed E-state index contributed by atoms with van der Waals surface area (Å²) >= 11 is 0. The number of carbonyl (C=O) groups excluding carboxylic acids is 1. The van der Waals surface area contributed by atoms with Crippen LogP contribution in [0.25, 0.3) is 11.1 Å². The number of nitro groups is 1. The van der Waals surface area contributed by atoms with E-state index in [0.29, 0.717) is 11.1 Å². The van der Waals surface area contributed by atoms with Crippen LogP contribution in [-0.4, -0.2) is 23.0 Å². The van der Waals surface area contributed by atoms with Crippen molar-refractivity contribution in [3.05, 3.63) is 58.4 Å². The average Bonchev–Trinajstić information content (AvgIpc) is 2.46. The van der Waals surface area contributed by atoms with Crippen molar-refractivity contribution in [2.45, 2.75) is 0 Å². The van der Waals surface area contributed by atoms with Gasteiger partial charge in [-0.05, 0) is 12.1 Å². The summed E-state index contributed by atoms with van der Waals surface area (Å²) in [6, 6.07) is 7.40. The molecule has 19 heavy (non-hydrogen) atoms. The molecule has 2 rings (SSSR count). The number of benzene rings is 1. The molecule has 0 fully saturated rings. The molecule has 6 heteroatoms. The molecule has 0 radical (unpaired) electrons. The molecule has 1 aromatic carbocycles. The highest BCUT2D eigenvalue weighted by molar-refractivity contribution is 5.97. The topological polar surface area (TPSA) is 82.3 Å². The first-order chi connectivity index (χ1) is 9.13. The van der Waals surface area contributed by atoms with Gasteiger partial charge < -0.3 is 4.74 Å². The van der Waals surface area contributed by atoms with E-state index in [1.165, 1.54) is 31.5 Å². The monoisotopic (exact) mass is 258 g/mol. The summed E-state index contributed by atoms with van der Waals surface area (Å²) in [6.07, 6.45) is 3.12. The van der Waals surface area contributed by atoms with Crippen LogP contribution in [0, 0.1) is 10.1 Å². The Kier molecular flexibility index (Phi) is 3.51. The van der Waals surface area contributed by atoms with Crippen molar-refractivity contribution in [2.24, 2.45) is 0 Å². The Morgan fingerprint density at radius 1 is 1.37 bits per heavy atom. The zero-order valence-corrected chi connectivity index (χ0v) is 10.1. The fourth-order valence-corrected chi connectivity index (χ4v) is 1.69. The zero-order chi connectivity index (χ0) is 13.8. The number of ether oxygens (including phenoxy) is 1. The molecule has 6 nitrogen and oxygen atoms in total. The first-order valence-electron chi connectivity index (χ1n) is 5.40. The molecule has 0 saturated carbocycles. The number of pyridine rings is 1. The molecule has 1 aromatic heterocycles. The van der Waals surface area contributed by atoms with Crippen LogP contribution in [0.3, 0.4) is 0 Å². The number of nitrogens with zero attached hydrogens (tertiary/aromatic N) is 2. The summed E-state index contributed by atoms with van der Waals surface area (Å²) in [4.78, 5) is 25.9. The number of aromatic nitrogens is 1. The second-order valence-electron chi connectivity index (χ2n) is 3.72. The Morgan fingerprint density at radius 3 is 2.74 bits per heavy atom. The quantitative estimate of drug-likeness (QED) is 0.479. The van der Waals surface area contributed by atoms with Crippen molar-refractivity contribution in [2.75, 3.05) is 7.11 Å². The summed E-state index contributed by atoms with van der Waals surface area (Å²) in [5.74, 6) is -0.547. The number of hydrogen-bond acceptors (Lipinski definition) is 5. The van der Waals surface area contributed by atoms with E-state index in [-0.39, 0.29) is 11.3 Å². The van der Waals surface area contributed by atoms with Crippen LogP contribution in [0.15, 0.2) is 42.7 Å². The molecule has 0 aliphatic rings. The van der Waals surface area contributed by atoms with Gasteiger partial charge in [-0.2, -0.15) is 0 Å². The van der Waals surface area contributed by atoms with Crippen molar-refractivity contribution < 1.29 is 14.5 Å². The number of nitro benzene ring substituents is 1. The Hall–Kier alpha value is -2.76. The summed E-state index contributed by atoms with van der Waals surface area (Å²) in [5, 5.41) is 10.8. The maximum atomic E-state index is 11.7. The van der Waals surface area contributed by atoms with E-state index in [4.69, 9.17) is 0 Å². The van der Waals surface area contributed by atoms with Gasteiger partial charge in [0, 0.05) is 35.7 Å². The predicted molar refractivity (Wildman–Crippen MR) is 67.7 cm³/mol. The molecule has 0 atom stereocenters. The number of hydrogen-bond donors (Lipinski definition) is 0. The fourth-order valence-electron chi connectivity index (χ4n) is 1.69. The molecule has 0 aliphatic carbocycles. The Bertz CT molecular complexity index is 626. The average molecular weight is 258 g/mol. The maximum Gasteiger partial charge on any atom is 0.338 e. The van der Waals surface area contributed by atoms with E-state index >= 15 is 0 Å². The van der Waals surface area contributed by atoms with Gasteiger partial charge in [-0.25, -0.2) is 4.79 Å². The minimum atomic E-state index is -0.547. The van der Waals surface area contributed by atoms with Crippen LogP contribution in [0.1, 0.15) is 10.4 Å². The van der Waals surface area contributed by atoms with E-state index in [1.54, 1.807) is 18.3 Å². The van der Waals surface area contributed by atoms with Crippen molar-refractivity contribution in [3.8, 4) is 11.1 Å². The lowest BCUT2D eigenvalue weighted by Gasteiger charge is -2.07. The van der Waals surface area contributed by atoms with Gasteiger partial charge in [-0.15, -0.1) is 0 Å². The first kappa shape index (κ1) is 12.7. The lowest BCUT2D eigenvalue weighted by atomic mass is 10.0. The number of rotatable bonds is 3. The molecule has 0 unspecified atom stereocenters. The molecule has 0 N–H and O–H groups in total. The van der Waals surface area contributed by atoms with Crippen molar-refractivity contribution in [3.63, 3.8) is 0 Å². The Labute approximate surface area is 108 Å². The van der Waals surface area contributed by atoms with Gasteiger partial charge in [0.25, 0.3) is 5.69 Å². The maximum absolute atomic E-state index is 11.7. The van der Waals surface area contributed by atoms with E-state index in [9.17, 15) is 14.9 Å². The third kappa shape index (κ3) is 2.57. The minimum absolute atomic E-state index is 0.0912. The zero-order valence-electron chi connectivity index (χ0n) is 10.1. The number of carbonyl (C=O) groups is 1. The van der Waals surface area contributed by atoms with Crippen molar-refractivity contribution in [1.29, 1.82) is 0 Å². The van der Waals surface area contributed by atoms with Gasteiger partial charge >= 0.3 is 5.97 Å². The smallest absolute Gasteiger partial charge is 0.338 e. The second kappa shape index (κ2) is 5.26. The van der Waals surface area contributed by atoms with Crippen LogP contribution in [-0.2, 0) is 4.74 Å². The Balaban J connectivity index is 2.63.